The Hall–Kier alpha value is -2.74. The lowest BCUT2D eigenvalue weighted by Gasteiger charge is -2.36. The smallest absolute Gasteiger partial charge is 0.258 e. The summed E-state index contributed by atoms with van der Waals surface area (Å²) in [5, 5.41) is 10.4. The van der Waals surface area contributed by atoms with Gasteiger partial charge in [0.25, 0.3) is 5.89 Å². The van der Waals surface area contributed by atoms with Gasteiger partial charge in [0.15, 0.2) is 5.82 Å². The molecular weight excluding hydrogens is 308 g/mol. The van der Waals surface area contributed by atoms with E-state index in [0.717, 1.165) is 24.3 Å². The molecule has 1 aliphatic heterocycles. The van der Waals surface area contributed by atoms with Gasteiger partial charge < -0.3 is 14.2 Å². The van der Waals surface area contributed by atoms with Crippen molar-refractivity contribution >= 4 is 5.69 Å². The van der Waals surface area contributed by atoms with Crippen LogP contribution in [0, 0.1) is 0 Å². The van der Waals surface area contributed by atoms with Crippen molar-refractivity contribution < 1.29 is 9.26 Å². The second-order valence-electron chi connectivity index (χ2n) is 5.97. The summed E-state index contributed by atoms with van der Waals surface area (Å²) in [6, 6.07) is 8.10. The highest BCUT2D eigenvalue weighted by Gasteiger charge is 2.22. The Bertz CT molecular complexity index is 788. The molecule has 8 heteroatoms. The SMILES string of the molecule is CC1CN(c2ccc(-c3nc(-c4ncn[nH]4)no3)cc2)CC(C)O1. The second-order valence-corrected chi connectivity index (χ2v) is 5.97. The molecule has 3 heterocycles. The zero-order valence-electron chi connectivity index (χ0n) is 13.5. The van der Waals surface area contributed by atoms with Crippen LogP contribution in [-0.2, 0) is 4.74 Å². The number of benzene rings is 1. The molecule has 2 atom stereocenters. The van der Waals surface area contributed by atoms with Crippen molar-refractivity contribution in [1.29, 1.82) is 0 Å². The first-order valence-corrected chi connectivity index (χ1v) is 7.89. The maximum atomic E-state index is 5.78. The van der Waals surface area contributed by atoms with Crippen LogP contribution >= 0.6 is 0 Å². The number of morpholine rings is 1. The molecule has 2 aromatic heterocycles. The normalized spacial score (nSPS) is 21.2. The van der Waals surface area contributed by atoms with Gasteiger partial charge in [-0.2, -0.15) is 10.1 Å². The fourth-order valence-electron chi connectivity index (χ4n) is 2.95. The van der Waals surface area contributed by atoms with Crippen molar-refractivity contribution in [3.63, 3.8) is 0 Å². The molecule has 124 valence electrons. The van der Waals surface area contributed by atoms with E-state index in [0.29, 0.717) is 17.5 Å². The molecule has 0 aliphatic carbocycles. The summed E-state index contributed by atoms with van der Waals surface area (Å²) in [4.78, 5) is 10.7. The van der Waals surface area contributed by atoms with E-state index in [1.165, 1.54) is 6.33 Å². The van der Waals surface area contributed by atoms with E-state index in [4.69, 9.17) is 9.26 Å². The molecule has 1 N–H and O–H groups in total. The Labute approximate surface area is 138 Å². The molecular formula is C16H18N6O2. The molecule has 8 nitrogen and oxygen atoms in total. The molecule has 0 spiro atoms. The summed E-state index contributed by atoms with van der Waals surface area (Å²) in [5.74, 6) is 1.33. The predicted octanol–water partition coefficient (Wildman–Crippen LogP) is 2.14. The van der Waals surface area contributed by atoms with E-state index < -0.39 is 0 Å². The molecule has 1 fully saturated rings. The van der Waals surface area contributed by atoms with Crippen molar-refractivity contribution in [1.82, 2.24) is 25.3 Å². The molecule has 4 rings (SSSR count). The van der Waals surface area contributed by atoms with Crippen LogP contribution in [0.15, 0.2) is 35.1 Å². The van der Waals surface area contributed by atoms with Crippen molar-refractivity contribution in [3.05, 3.63) is 30.6 Å². The first-order valence-electron chi connectivity index (χ1n) is 7.89. The van der Waals surface area contributed by atoms with Crippen LogP contribution in [0.3, 0.4) is 0 Å². The lowest BCUT2D eigenvalue weighted by atomic mass is 10.1. The second kappa shape index (κ2) is 6.04. The van der Waals surface area contributed by atoms with Gasteiger partial charge in [-0.05, 0) is 38.1 Å². The van der Waals surface area contributed by atoms with Gasteiger partial charge in [-0.1, -0.05) is 5.16 Å². The molecule has 3 aromatic rings. The van der Waals surface area contributed by atoms with Gasteiger partial charge in [-0.25, -0.2) is 4.98 Å². The number of anilines is 1. The van der Waals surface area contributed by atoms with Gasteiger partial charge in [0.05, 0.1) is 12.2 Å². The average molecular weight is 326 g/mol. The number of hydrogen-bond donors (Lipinski definition) is 1. The Morgan fingerprint density at radius 1 is 1.12 bits per heavy atom. The largest absolute Gasteiger partial charge is 0.372 e. The summed E-state index contributed by atoms with van der Waals surface area (Å²) in [6.07, 6.45) is 1.87. The summed E-state index contributed by atoms with van der Waals surface area (Å²) in [7, 11) is 0. The molecule has 1 saturated heterocycles. The molecule has 0 amide bonds. The number of nitrogens with one attached hydrogen (secondary N) is 1. The average Bonchev–Trinajstić information content (AvgIpc) is 3.25. The van der Waals surface area contributed by atoms with Gasteiger partial charge in [-0.15, -0.1) is 0 Å². The van der Waals surface area contributed by atoms with Gasteiger partial charge in [0, 0.05) is 24.3 Å². The minimum Gasteiger partial charge on any atom is -0.372 e. The number of rotatable bonds is 3. The summed E-state index contributed by atoms with van der Waals surface area (Å²) < 4.78 is 11.1. The molecule has 1 aromatic carbocycles. The molecule has 0 radical (unpaired) electrons. The highest BCUT2D eigenvalue weighted by Crippen LogP contribution is 2.25. The van der Waals surface area contributed by atoms with Gasteiger partial charge in [0.2, 0.25) is 5.82 Å². The van der Waals surface area contributed by atoms with Crippen LogP contribution in [0.1, 0.15) is 13.8 Å². The number of H-pyrrole nitrogens is 1. The van der Waals surface area contributed by atoms with Crippen LogP contribution in [0.2, 0.25) is 0 Å². The van der Waals surface area contributed by atoms with Crippen molar-refractivity contribution in [2.24, 2.45) is 0 Å². The fourth-order valence-corrected chi connectivity index (χ4v) is 2.95. The first-order chi connectivity index (χ1) is 11.7. The Morgan fingerprint density at radius 3 is 2.54 bits per heavy atom. The minimum atomic E-state index is 0.230. The zero-order valence-corrected chi connectivity index (χ0v) is 13.5. The quantitative estimate of drug-likeness (QED) is 0.788. The van der Waals surface area contributed by atoms with E-state index in [9.17, 15) is 0 Å². The van der Waals surface area contributed by atoms with Crippen molar-refractivity contribution in [3.8, 4) is 23.1 Å². The Morgan fingerprint density at radius 2 is 1.88 bits per heavy atom. The van der Waals surface area contributed by atoms with E-state index in [1.54, 1.807) is 0 Å². The molecule has 0 saturated carbocycles. The van der Waals surface area contributed by atoms with Gasteiger partial charge in [0.1, 0.15) is 6.33 Å². The highest BCUT2D eigenvalue weighted by molar-refractivity contribution is 5.60. The third-order valence-electron chi connectivity index (χ3n) is 3.95. The van der Waals surface area contributed by atoms with Crippen molar-refractivity contribution in [2.45, 2.75) is 26.1 Å². The van der Waals surface area contributed by atoms with Crippen LogP contribution in [0.25, 0.3) is 23.1 Å². The molecule has 1 aliphatic rings. The topological polar surface area (TPSA) is 93.0 Å². The fraction of sp³-hybridized carbons (Fsp3) is 0.375. The Balaban J connectivity index is 1.54. The zero-order chi connectivity index (χ0) is 16.5. The van der Waals surface area contributed by atoms with Gasteiger partial charge >= 0.3 is 0 Å². The standard InChI is InChI=1S/C16H18N6O2/c1-10-7-22(8-11(2)23-10)13-5-3-12(4-6-13)16-19-15(21-24-16)14-17-9-18-20-14/h3-6,9-11H,7-8H2,1-2H3,(H,17,18,20). The number of hydrogen-bond acceptors (Lipinski definition) is 7. The van der Waals surface area contributed by atoms with E-state index >= 15 is 0 Å². The maximum Gasteiger partial charge on any atom is 0.258 e. The van der Waals surface area contributed by atoms with Crippen LogP contribution < -0.4 is 4.90 Å². The number of ether oxygens (including phenoxy) is 1. The highest BCUT2D eigenvalue weighted by atomic mass is 16.5. The van der Waals surface area contributed by atoms with E-state index in [-0.39, 0.29) is 12.2 Å². The molecule has 2 unspecified atom stereocenters. The summed E-state index contributed by atoms with van der Waals surface area (Å²) in [6.45, 7) is 5.97. The van der Waals surface area contributed by atoms with Crippen molar-refractivity contribution in [2.75, 3.05) is 18.0 Å². The molecule has 0 bridgehead atoms. The Kier molecular flexibility index (Phi) is 3.73. The lowest BCUT2D eigenvalue weighted by Crippen LogP contribution is -2.45. The van der Waals surface area contributed by atoms with Crippen LogP contribution in [-0.4, -0.2) is 50.6 Å². The number of nitrogens with zero attached hydrogens (tertiary/aromatic N) is 5. The maximum absolute atomic E-state index is 5.78. The molecule has 24 heavy (non-hydrogen) atoms. The number of aromatic amines is 1. The number of aromatic nitrogens is 5. The van der Waals surface area contributed by atoms with Crippen LogP contribution in [0.4, 0.5) is 5.69 Å². The predicted molar refractivity (Wildman–Crippen MR) is 87.3 cm³/mol. The third kappa shape index (κ3) is 2.88. The minimum absolute atomic E-state index is 0.230. The summed E-state index contributed by atoms with van der Waals surface area (Å²) >= 11 is 0. The first kappa shape index (κ1) is 14.8. The summed E-state index contributed by atoms with van der Waals surface area (Å²) in [5.41, 5.74) is 2.03. The lowest BCUT2D eigenvalue weighted by molar-refractivity contribution is -0.00521. The van der Waals surface area contributed by atoms with E-state index in [1.807, 2.05) is 12.1 Å². The third-order valence-corrected chi connectivity index (χ3v) is 3.95. The van der Waals surface area contributed by atoms with Gasteiger partial charge in [-0.3, -0.25) is 5.10 Å². The van der Waals surface area contributed by atoms with Crippen LogP contribution in [0.5, 0.6) is 0 Å². The van der Waals surface area contributed by atoms with E-state index in [2.05, 4.69) is 56.2 Å². The monoisotopic (exact) mass is 326 g/mol.